The van der Waals surface area contributed by atoms with Gasteiger partial charge in [0.05, 0.1) is 24.9 Å². The predicted octanol–water partition coefficient (Wildman–Crippen LogP) is 3.98. The summed E-state index contributed by atoms with van der Waals surface area (Å²) in [6.45, 7) is 5.77. The van der Waals surface area contributed by atoms with Crippen molar-refractivity contribution in [2.24, 2.45) is 0 Å². The van der Waals surface area contributed by atoms with Crippen LogP contribution >= 0.6 is 23.1 Å². The molecule has 2 N–H and O–H groups in total. The lowest BCUT2D eigenvalue weighted by molar-refractivity contribution is -0.130. The lowest BCUT2D eigenvalue weighted by atomic mass is 9.80. The molecule has 1 aromatic heterocycles. The Morgan fingerprint density at radius 1 is 1.12 bits per heavy atom. The van der Waals surface area contributed by atoms with Crippen molar-refractivity contribution >= 4 is 46.3 Å². The number of hydrogen-bond donors (Lipinski definition) is 2. The first-order valence-corrected chi connectivity index (χ1v) is 17.5. The van der Waals surface area contributed by atoms with E-state index in [0.29, 0.717) is 30.9 Å². The van der Waals surface area contributed by atoms with Crippen LogP contribution in [0.3, 0.4) is 0 Å². The van der Waals surface area contributed by atoms with Crippen LogP contribution in [0, 0.1) is 0 Å². The molecule has 0 bridgehead atoms. The van der Waals surface area contributed by atoms with Crippen LogP contribution in [0.2, 0.25) is 0 Å². The monoisotopic (exact) mass is 613 g/mol. The molecule has 0 radical (unpaired) electrons. The summed E-state index contributed by atoms with van der Waals surface area (Å²) in [7, 11) is 0. The summed E-state index contributed by atoms with van der Waals surface area (Å²) in [6.07, 6.45) is 9.53. The first kappa shape index (κ1) is 31.0. The van der Waals surface area contributed by atoms with E-state index >= 15 is 0 Å². The van der Waals surface area contributed by atoms with Crippen molar-refractivity contribution in [2.45, 2.75) is 69.0 Å². The summed E-state index contributed by atoms with van der Waals surface area (Å²) in [4.78, 5) is 48.2. The van der Waals surface area contributed by atoms with Gasteiger partial charge < -0.3 is 25.1 Å². The number of morpholine rings is 1. The van der Waals surface area contributed by atoms with Gasteiger partial charge in [-0.05, 0) is 56.2 Å². The summed E-state index contributed by atoms with van der Waals surface area (Å²) in [6, 6.07) is 7.55. The highest BCUT2D eigenvalue weighted by Gasteiger charge is 2.41. The Morgan fingerprint density at radius 3 is 2.50 bits per heavy atom. The van der Waals surface area contributed by atoms with Gasteiger partial charge in [0.2, 0.25) is 5.91 Å². The van der Waals surface area contributed by atoms with Crippen molar-refractivity contribution in [3.05, 3.63) is 35.2 Å². The Balaban J connectivity index is 1.19. The average Bonchev–Trinajstić information content (AvgIpc) is 3.54. The van der Waals surface area contributed by atoms with E-state index < -0.39 is 11.6 Å². The summed E-state index contributed by atoms with van der Waals surface area (Å²) in [5.41, 5.74) is 1.38. The lowest BCUT2D eigenvalue weighted by Gasteiger charge is -2.40. The van der Waals surface area contributed by atoms with Crippen LogP contribution in [-0.2, 0) is 14.3 Å². The maximum atomic E-state index is 13.4. The maximum absolute atomic E-state index is 13.4. The summed E-state index contributed by atoms with van der Waals surface area (Å²) >= 11 is 3.30. The molecule has 2 saturated heterocycles. The zero-order valence-electron chi connectivity index (χ0n) is 24.5. The number of thioether (sulfide) groups is 1. The van der Waals surface area contributed by atoms with Gasteiger partial charge in [0.1, 0.15) is 11.8 Å². The van der Waals surface area contributed by atoms with Crippen LogP contribution in [0.4, 0.5) is 5.13 Å². The van der Waals surface area contributed by atoms with Gasteiger partial charge in [-0.15, -0.1) is 11.3 Å². The molecule has 42 heavy (non-hydrogen) atoms. The van der Waals surface area contributed by atoms with E-state index in [2.05, 4.69) is 25.8 Å². The van der Waals surface area contributed by atoms with Gasteiger partial charge in [-0.1, -0.05) is 31.4 Å². The number of amides is 2. The Kier molecular flexibility index (Phi) is 10.9. The molecule has 2 aliphatic heterocycles. The van der Waals surface area contributed by atoms with E-state index in [-0.39, 0.29) is 11.8 Å². The van der Waals surface area contributed by atoms with Crippen molar-refractivity contribution in [1.29, 1.82) is 0 Å². The molecule has 228 valence electrons. The van der Waals surface area contributed by atoms with Crippen LogP contribution in [0.25, 0.3) is 11.3 Å². The molecule has 0 unspecified atom stereocenters. The molecule has 11 heteroatoms. The molecular formula is C31H43N5O4S2. The smallest absolute Gasteiger partial charge is 0.252 e. The molecule has 1 atom stereocenters. The van der Waals surface area contributed by atoms with Crippen molar-refractivity contribution in [3.63, 3.8) is 0 Å². The van der Waals surface area contributed by atoms with Crippen molar-refractivity contribution in [2.75, 3.05) is 56.3 Å². The second-order valence-corrected chi connectivity index (χ2v) is 13.4. The number of anilines is 1. The number of carbonyl (C=O) groups is 3. The lowest BCUT2D eigenvalue weighted by Crippen LogP contribution is -2.61. The number of thiazole rings is 1. The summed E-state index contributed by atoms with van der Waals surface area (Å²) in [5.74, 6) is 0.255. The molecule has 1 aliphatic carbocycles. The fraction of sp³-hybridized carbons (Fsp3) is 0.613. The van der Waals surface area contributed by atoms with E-state index in [0.717, 1.165) is 99.9 Å². The second-order valence-electron chi connectivity index (χ2n) is 11.6. The fourth-order valence-corrected chi connectivity index (χ4v) is 7.66. The zero-order chi connectivity index (χ0) is 29.4. The highest BCUT2D eigenvalue weighted by Crippen LogP contribution is 2.32. The molecule has 3 heterocycles. The standard InChI is InChI=1S/C31H43N5O4S2/c1-41-20-11-25(21-37)32-29(39)31(12-3-2-4-13-31)34-28(38)24-7-5-23(6-8-24)27-22-42-30(33-27)36-14-9-26(10-15-36)35-16-18-40-19-17-35/h5-8,21-22,25-26H,2-4,9-20H2,1H3,(H,32,39)(H,34,38)/t25-/m0/s1. The molecule has 0 spiro atoms. The van der Waals surface area contributed by atoms with Crippen molar-refractivity contribution < 1.29 is 19.1 Å². The molecule has 3 aliphatic rings. The largest absolute Gasteiger partial charge is 0.379 e. The topological polar surface area (TPSA) is 104 Å². The average molecular weight is 614 g/mol. The first-order valence-electron chi connectivity index (χ1n) is 15.2. The zero-order valence-corrected chi connectivity index (χ0v) is 26.1. The third-order valence-corrected chi connectivity index (χ3v) is 10.4. The number of carbonyl (C=O) groups excluding carboxylic acids is 3. The number of benzene rings is 1. The third-order valence-electron chi connectivity index (χ3n) is 8.84. The van der Waals surface area contributed by atoms with Gasteiger partial charge in [0.15, 0.2) is 5.13 Å². The minimum atomic E-state index is -0.992. The molecule has 1 saturated carbocycles. The Labute approximate surface area is 257 Å². The number of hydrogen-bond acceptors (Lipinski definition) is 9. The molecule has 9 nitrogen and oxygen atoms in total. The maximum Gasteiger partial charge on any atom is 0.252 e. The van der Waals surface area contributed by atoms with Crippen molar-refractivity contribution in [1.82, 2.24) is 20.5 Å². The van der Waals surface area contributed by atoms with E-state index in [1.165, 1.54) is 0 Å². The van der Waals surface area contributed by atoms with E-state index in [9.17, 15) is 14.4 Å². The Bertz CT molecular complexity index is 1190. The number of rotatable bonds is 11. The summed E-state index contributed by atoms with van der Waals surface area (Å²) in [5, 5.41) is 9.09. The van der Waals surface area contributed by atoms with Gasteiger partial charge in [-0.25, -0.2) is 4.98 Å². The van der Waals surface area contributed by atoms with Crippen LogP contribution in [0.5, 0.6) is 0 Å². The SMILES string of the molecule is CSCC[C@@H](C=O)NC(=O)C1(NC(=O)c2ccc(-c3csc(N4CCC(N5CCOCC5)CC4)n3)cc2)CCCCC1. The number of nitrogens with one attached hydrogen (secondary N) is 2. The molecule has 3 fully saturated rings. The number of ether oxygens (including phenoxy) is 1. The Morgan fingerprint density at radius 2 is 1.83 bits per heavy atom. The minimum absolute atomic E-state index is 0.255. The highest BCUT2D eigenvalue weighted by atomic mass is 32.2. The molecular weight excluding hydrogens is 571 g/mol. The molecule has 1 aromatic carbocycles. The van der Waals surface area contributed by atoms with Gasteiger partial charge in [-0.3, -0.25) is 14.5 Å². The first-order chi connectivity index (χ1) is 20.5. The van der Waals surface area contributed by atoms with E-state index in [4.69, 9.17) is 9.72 Å². The van der Waals surface area contributed by atoms with Gasteiger partial charge in [0, 0.05) is 48.7 Å². The quantitative estimate of drug-likeness (QED) is 0.367. The van der Waals surface area contributed by atoms with E-state index in [1.807, 2.05) is 18.4 Å². The Hall–Kier alpha value is -2.47. The summed E-state index contributed by atoms with van der Waals surface area (Å²) < 4.78 is 5.51. The number of aldehydes is 1. The number of piperidine rings is 1. The van der Waals surface area contributed by atoms with Gasteiger partial charge >= 0.3 is 0 Å². The van der Waals surface area contributed by atoms with Gasteiger partial charge in [0.25, 0.3) is 5.91 Å². The van der Waals surface area contributed by atoms with Gasteiger partial charge in [-0.2, -0.15) is 11.8 Å². The van der Waals surface area contributed by atoms with Crippen LogP contribution < -0.4 is 15.5 Å². The van der Waals surface area contributed by atoms with Crippen LogP contribution in [-0.4, -0.2) is 97.0 Å². The van der Waals surface area contributed by atoms with E-state index in [1.54, 1.807) is 35.2 Å². The number of nitrogens with zero attached hydrogens (tertiary/aromatic N) is 3. The highest BCUT2D eigenvalue weighted by molar-refractivity contribution is 7.98. The van der Waals surface area contributed by atoms with Crippen LogP contribution in [0.15, 0.2) is 29.6 Å². The fourth-order valence-electron chi connectivity index (χ4n) is 6.28. The normalized spacial score (nSPS) is 20.5. The second kappa shape index (κ2) is 14.8. The predicted molar refractivity (Wildman–Crippen MR) is 169 cm³/mol. The van der Waals surface area contributed by atoms with Crippen molar-refractivity contribution in [3.8, 4) is 11.3 Å². The third kappa shape index (κ3) is 7.53. The minimum Gasteiger partial charge on any atom is -0.379 e. The molecule has 2 amide bonds. The molecule has 5 rings (SSSR count). The molecule has 2 aromatic rings. The number of aromatic nitrogens is 1. The van der Waals surface area contributed by atoms with Crippen LogP contribution in [0.1, 0.15) is 61.7 Å².